The van der Waals surface area contributed by atoms with Crippen LogP contribution in [-0.2, 0) is 11.3 Å². The highest BCUT2D eigenvalue weighted by Gasteiger charge is 2.23. The van der Waals surface area contributed by atoms with Gasteiger partial charge >= 0.3 is 0 Å². The molecule has 1 atom stereocenters. The number of carbonyl (C=O) groups is 1. The second kappa shape index (κ2) is 7.88. The third-order valence-electron chi connectivity index (χ3n) is 4.73. The Morgan fingerprint density at radius 1 is 1.33 bits per heavy atom. The summed E-state index contributed by atoms with van der Waals surface area (Å²) in [4.78, 5) is 14.2. The van der Waals surface area contributed by atoms with Crippen LogP contribution >= 0.6 is 0 Å². The van der Waals surface area contributed by atoms with Gasteiger partial charge in [0.25, 0.3) is 0 Å². The molecule has 0 saturated carbocycles. The van der Waals surface area contributed by atoms with Crippen LogP contribution in [0.15, 0.2) is 18.2 Å². The van der Waals surface area contributed by atoms with Crippen LogP contribution in [0, 0.1) is 11.8 Å². The van der Waals surface area contributed by atoms with Crippen LogP contribution in [0.5, 0.6) is 11.5 Å². The molecule has 0 bridgehead atoms. The summed E-state index contributed by atoms with van der Waals surface area (Å²) in [6, 6.07) is 6.13. The van der Waals surface area contributed by atoms with Gasteiger partial charge in [0.1, 0.15) is 13.2 Å². The summed E-state index contributed by atoms with van der Waals surface area (Å²) >= 11 is 0. The van der Waals surface area contributed by atoms with Crippen LogP contribution in [-0.4, -0.2) is 43.7 Å². The molecule has 1 aromatic carbocycles. The van der Waals surface area contributed by atoms with E-state index >= 15 is 0 Å². The van der Waals surface area contributed by atoms with Gasteiger partial charge in [-0.1, -0.05) is 26.0 Å². The maximum atomic E-state index is 11.8. The van der Waals surface area contributed by atoms with Crippen LogP contribution in [0.2, 0.25) is 0 Å². The van der Waals surface area contributed by atoms with Crippen molar-refractivity contribution in [3.63, 3.8) is 0 Å². The number of piperidine rings is 1. The predicted octanol–water partition coefficient (Wildman–Crippen LogP) is 2.44. The van der Waals surface area contributed by atoms with Crippen LogP contribution in [0.3, 0.4) is 0 Å². The van der Waals surface area contributed by atoms with E-state index < -0.39 is 0 Å². The lowest BCUT2D eigenvalue weighted by Crippen LogP contribution is -2.41. The number of nitrogens with zero attached hydrogens (tertiary/aromatic N) is 1. The number of hydrogen-bond acceptors (Lipinski definition) is 4. The molecule has 0 radical (unpaired) electrons. The van der Waals surface area contributed by atoms with E-state index in [1.807, 2.05) is 26.0 Å². The Morgan fingerprint density at radius 2 is 2.17 bits per heavy atom. The van der Waals surface area contributed by atoms with Crippen molar-refractivity contribution in [2.75, 3.05) is 32.8 Å². The zero-order chi connectivity index (χ0) is 16.9. The van der Waals surface area contributed by atoms with Gasteiger partial charge in [0.15, 0.2) is 11.5 Å². The van der Waals surface area contributed by atoms with Crippen LogP contribution < -0.4 is 14.8 Å². The molecule has 2 aliphatic heterocycles. The molecule has 3 rings (SSSR count). The lowest BCUT2D eigenvalue weighted by Gasteiger charge is -2.33. The average molecular weight is 332 g/mol. The molecule has 1 fully saturated rings. The maximum absolute atomic E-state index is 11.8. The molecule has 2 aliphatic rings. The van der Waals surface area contributed by atoms with Gasteiger partial charge in [-0.05, 0) is 31.4 Å². The number of rotatable bonds is 5. The minimum atomic E-state index is 0.0534. The van der Waals surface area contributed by atoms with E-state index in [-0.39, 0.29) is 11.8 Å². The number of amides is 1. The Balaban J connectivity index is 1.57. The highest BCUT2D eigenvalue weighted by molar-refractivity contribution is 5.77. The van der Waals surface area contributed by atoms with Crippen LogP contribution in [0.25, 0.3) is 0 Å². The summed E-state index contributed by atoms with van der Waals surface area (Å²) in [6.07, 6.45) is 2.36. The molecule has 1 aromatic rings. The number of benzene rings is 1. The molecule has 0 unspecified atom stereocenters. The van der Waals surface area contributed by atoms with Gasteiger partial charge in [0.05, 0.1) is 0 Å². The lowest BCUT2D eigenvalue weighted by molar-refractivity contribution is -0.124. The number of ether oxygens (including phenoxy) is 2. The first-order valence-corrected chi connectivity index (χ1v) is 9.01. The molecule has 5 nitrogen and oxygen atoms in total. The monoisotopic (exact) mass is 332 g/mol. The second-order valence-corrected chi connectivity index (χ2v) is 7.08. The minimum absolute atomic E-state index is 0.0534. The van der Waals surface area contributed by atoms with E-state index in [4.69, 9.17) is 9.47 Å². The number of fused-ring (bicyclic) bond motifs is 1. The number of carbonyl (C=O) groups excluding carboxylic acids is 1. The topological polar surface area (TPSA) is 50.8 Å². The van der Waals surface area contributed by atoms with Crippen molar-refractivity contribution in [3.8, 4) is 11.5 Å². The number of para-hydroxylation sites is 1. The van der Waals surface area contributed by atoms with E-state index in [0.717, 1.165) is 37.7 Å². The Morgan fingerprint density at radius 3 is 3.00 bits per heavy atom. The van der Waals surface area contributed by atoms with Gasteiger partial charge < -0.3 is 14.8 Å². The quantitative estimate of drug-likeness (QED) is 0.900. The molecule has 1 saturated heterocycles. The summed E-state index contributed by atoms with van der Waals surface area (Å²) in [6.45, 7) is 8.88. The van der Waals surface area contributed by atoms with E-state index in [9.17, 15) is 4.79 Å². The van der Waals surface area contributed by atoms with E-state index in [2.05, 4.69) is 16.3 Å². The first kappa shape index (κ1) is 17.1. The summed E-state index contributed by atoms with van der Waals surface area (Å²) in [7, 11) is 0. The predicted molar refractivity (Wildman–Crippen MR) is 93.3 cm³/mol. The molecule has 1 amide bonds. The number of likely N-dealkylation sites (tertiary alicyclic amines) is 1. The Kier molecular flexibility index (Phi) is 5.61. The molecule has 1 N–H and O–H groups in total. The van der Waals surface area contributed by atoms with Crippen molar-refractivity contribution in [1.82, 2.24) is 10.2 Å². The molecule has 5 heteroatoms. The van der Waals surface area contributed by atoms with E-state index in [1.165, 1.54) is 18.4 Å². The third-order valence-corrected chi connectivity index (χ3v) is 4.73. The van der Waals surface area contributed by atoms with Crippen molar-refractivity contribution in [2.24, 2.45) is 11.8 Å². The summed E-state index contributed by atoms with van der Waals surface area (Å²) in [5.74, 6) is 2.49. The summed E-state index contributed by atoms with van der Waals surface area (Å²) < 4.78 is 11.5. The van der Waals surface area contributed by atoms with Crippen molar-refractivity contribution >= 4 is 5.91 Å². The zero-order valence-corrected chi connectivity index (χ0v) is 14.7. The summed E-state index contributed by atoms with van der Waals surface area (Å²) in [5.41, 5.74) is 1.19. The fourth-order valence-corrected chi connectivity index (χ4v) is 3.41. The average Bonchev–Trinajstić information content (AvgIpc) is 2.60. The number of hydrogen-bond donors (Lipinski definition) is 1. The van der Waals surface area contributed by atoms with Crippen molar-refractivity contribution in [1.29, 1.82) is 0 Å². The van der Waals surface area contributed by atoms with Crippen molar-refractivity contribution < 1.29 is 14.3 Å². The van der Waals surface area contributed by atoms with Gasteiger partial charge in [-0.25, -0.2) is 0 Å². The normalized spacial score (nSPS) is 20.9. The highest BCUT2D eigenvalue weighted by atomic mass is 16.6. The Bertz CT molecular complexity index is 574. The second-order valence-electron chi connectivity index (χ2n) is 7.08. The van der Waals surface area contributed by atoms with Crippen molar-refractivity contribution in [2.45, 2.75) is 33.2 Å². The first-order valence-electron chi connectivity index (χ1n) is 9.01. The van der Waals surface area contributed by atoms with Gasteiger partial charge in [-0.2, -0.15) is 0 Å². The molecule has 0 aliphatic carbocycles. The summed E-state index contributed by atoms with van der Waals surface area (Å²) in [5, 5.41) is 3.08. The molecular weight excluding hydrogens is 304 g/mol. The third kappa shape index (κ3) is 4.20. The Labute approximate surface area is 144 Å². The smallest absolute Gasteiger partial charge is 0.222 e. The molecular formula is C19H28N2O3. The maximum Gasteiger partial charge on any atom is 0.222 e. The minimum Gasteiger partial charge on any atom is -0.486 e. The van der Waals surface area contributed by atoms with Gasteiger partial charge in [0, 0.05) is 31.1 Å². The Hall–Kier alpha value is -1.75. The molecule has 0 spiro atoms. The molecule has 0 aromatic heterocycles. The van der Waals surface area contributed by atoms with E-state index in [1.54, 1.807) is 0 Å². The largest absolute Gasteiger partial charge is 0.486 e. The fraction of sp³-hybridized carbons (Fsp3) is 0.632. The van der Waals surface area contributed by atoms with E-state index in [0.29, 0.717) is 19.1 Å². The first-order chi connectivity index (χ1) is 11.6. The van der Waals surface area contributed by atoms with Crippen LogP contribution in [0.1, 0.15) is 32.3 Å². The van der Waals surface area contributed by atoms with Crippen LogP contribution in [0.4, 0.5) is 0 Å². The standard InChI is InChI=1S/C19H28N2O3/c1-14(2)19(22)20-11-15-5-4-8-21(12-15)13-16-6-3-7-17-18(16)24-10-9-23-17/h3,6-7,14-15H,4-5,8-13H2,1-2H3,(H,20,22)/t15-/m1/s1. The van der Waals surface area contributed by atoms with Gasteiger partial charge in [0.2, 0.25) is 5.91 Å². The molecule has 132 valence electrons. The van der Waals surface area contributed by atoms with Gasteiger partial charge in [-0.3, -0.25) is 9.69 Å². The van der Waals surface area contributed by atoms with Crippen molar-refractivity contribution in [3.05, 3.63) is 23.8 Å². The molecule has 2 heterocycles. The fourth-order valence-electron chi connectivity index (χ4n) is 3.41. The zero-order valence-electron chi connectivity index (χ0n) is 14.7. The van der Waals surface area contributed by atoms with Gasteiger partial charge in [-0.15, -0.1) is 0 Å². The lowest BCUT2D eigenvalue weighted by atomic mass is 9.97. The number of nitrogens with one attached hydrogen (secondary N) is 1. The SMILES string of the molecule is CC(C)C(=O)NC[C@H]1CCCN(Cc2cccc3c2OCCO3)C1. The highest BCUT2D eigenvalue weighted by Crippen LogP contribution is 2.34. The molecule has 24 heavy (non-hydrogen) atoms.